The Morgan fingerprint density at radius 2 is 1.94 bits per heavy atom. The number of carbonyl (C=O) groups excluding carboxylic acids is 1. The smallest absolute Gasteiger partial charge is 0.308 e. The number of esters is 1. The fraction of sp³-hybridized carbons (Fsp3) is 0.923. The molecule has 0 spiro atoms. The summed E-state index contributed by atoms with van der Waals surface area (Å²) in [7, 11) is 0. The molecule has 0 radical (unpaired) electrons. The second-order valence-corrected chi connectivity index (χ2v) is 4.30. The number of rotatable bonds is 9. The third-order valence-corrected chi connectivity index (χ3v) is 2.84. The maximum Gasteiger partial charge on any atom is 0.308 e. The predicted octanol–water partition coefficient (Wildman–Crippen LogP) is 2.91. The molecule has 2 atom stereocenters. The van der Waals surface area contributed by atoms with E-state index < -0.39 is 6.10 Å². The first-order valence-corrected chi connectivity index (χ1v) is 6.49. The molecule has 0 amide bonds. The van der Waals surface area contributed by atoms with Crippen LogP contribution >= 0.6 is 0 Å². The van der Waals surface area contributed by atoms with Crippen molar-refractivity contribution in [3.05, 3.63) is 0 Å². The van der Waals surface area contributed by atoms with Crippen molar-refractivity contribution in [3.63, 3.8) is 0 Å². The molecule has 0 heterocycles. The van der Waals surface area contributed by atoms with Gasteiger partial charge in [-0.1, -0.05) is 40.0 Å². The van der Waals surface area contributed by atoms with E-state index in [-0.39, 0.29) is 18.3 Å². The van der Waals surface area contributed by atoms with Crippen LogP contribution in [-0.2, 0) is 9.53 Å². The summed E-state index contributed by atoms with van der Waals surface area (Å²) in [5.41, 5.74) is 0. The average Bonchev–Trinajstić information content (AvgIpc) is 2.27. The van der Waals surface area contributed by atoms with Crippen LogP contribution in [0.3, 0.4) is 0 Å². The maximum atomic E-state index is 11.3. The zero-order valence-corrected chi connectivity index (χ0v) is 10.9. The summed E-state index contributed by atoms with van der Waals surface area (Å²) in [5, 5.41) is 9.90. The van der Waals surface area contributed by atoms with Gasteiger partial charge in [0.2, 0.25) is 0 Å². The van der Waals surface area contributed by atoms with Gasteiger partial charge in [0.1, 0.15) is 0 Å². The van der Waals surface area contributed by atoms with Crippen molar-refractivity contribution in [1.82, 2.24) is 0 Å². The fourth-order valence-corrected chi connectivity index (χ4v) is 1.75. The Labute approximate surface area is 99.2 Å². The van der Waals surface area contributed by atoms with E-state index in [0.29, 0.717) is 6.61 Å². The van der Waals surface area contributed by atoms with Crippen molar-refractivity contribution in [1.29, 1.82) is 0 Å². The second-order valence-electron chi connectivity index (χ2n) is 4.30. The van der Waals surface area contributed by atoms with Crippen LogP contribution in [0.5, 0.6) is 0 Å². The largest absolute Gasteiger partial charge is 0.466 e. The first-order valence-electron chi connectivity index (χ1n) is 6.49. The minimum Gasteiger partial charge on any atom is -0.466 e. The van der Waals surface area contributed by atoms with Crippen molar-refractivity contribution in [2.45, 2.75) is 65.4 Å². The summed E-state index contributed by atoms with van der Waals surface area (Å²) in [6.07, 6.45) is 4.58. The molecule has 3 nitrogen and oxygen atoms in total. The van der Waals surface area contributed by atoms with Gasteiger partial charge in [0, 0.05) is 0 Å². The molecule has 16 heavy (non-hydrogen) atoms. The molecule has 1 N–H and O–H groups in total. The lowest BCUT2D eigenvalue weighted by atomic mass is 9.91. The number of aliphatic hydroxyl groups is 1. The average molecular weight is 230 g/mol. The summed E-state index contributed by atoms with van der Waals surface area (Å²) in [4.78, 5) is 11.3. The van der Waals surface area contributed by atoms with E-state index in [1.54, 1.807) is 0 Å². The third kappa shape index (κ3) is 6.83. The molecule has 96 valence electrons. The molecule has 0 aromatic heterocycles. The van der Waals surface area contributed by atoms with E-state index in [0.717, 1.165) is 32.1 Å². The van der Waals surface area contributed by atoms with Gasteiger partial charge in [-0.25, -0.2) is 0 Å². The Balaban J connectivity index is 3.89. The summed E-state index contributed by atoms with van der Waals surface area (Å²) >= 11 is 0. The standard InChI is InChI=1S/C13H26O3/c1-4-7-8-11(6-3)12(14)10-13(15)16-9-5-2/h11-12,14H,4-10H2,1-3H3. The van der Waals surface area contributed by atoms with Gasteiger partial charge in [-0.3, -0.25) is 4.79 Å². The lowest BCUT2D eigenvalue weighted by molar-refractivity contribution is -0.146. The van der Waals surface area contributed by atoms with Crippen LogP contribution in [0.15, 0.2) is 0 Å². The van der Waals surface area contributed by atoms with E-state index in [2.05, 4.69) is 13.8 Å². The summed E-state index contributed by atoms with van der Waals surface area (Å²) in [5.74, 6) is -0.0431. The predicted molar refractivity (Wildman–Crippen MR) is 65.2 cm³/mol. The SMILES string of the molecule is CCCCC(CC)C(O)CC(=O)OCCC. The van der Waals surface area contributed by atoms with Gasteiger partial charge >= 0.3 is 5.97 Å². The van der Waals surface area contributed by atoms with Gasteiger partial charge in [-0.15, -0.1) is 0 Å². The van der Waals surface area contributed by atoms with E-state index in [1.807, 2.05) is 6.92 Å². The highest BCUT2D eigenvalue weighted by molar-refractivity contribution is 5.69. The monoisotopic (exact) mass is 230 g/mol. The van der Waals surface area contributed by atoms with E-state index >= 15 is 0 Å². The quantitative estimate of drug-likeness (QED) is 0.619. The molecule has 0 aliphatic heterocycles. The van der Waals surface area contributed by atoms with Crippen molar-refractivity contribution in [2.75, 3.05) is 6.61 Å². The Morgan fingerprint density at radius 1 is 1.25 bits per heavy atom. The van der Waals surface area contributed by atoms with E-state index in [4.69, 9.17) is 4.74 Å². The normalized spacial score (nSPS) is 14.5. The molecule has 2 unspecified atom stereocenters. The van der Waals surface area contributed by atoms with Gasteiger partial charge in [0.15, 0.2) is 0 Å². The molecule has 0 aliphatic rings. The molecule has 0 saturated carbocycles. The van der Waals surface area contributed by atoms with Gasteiger partial charge in [0.05, 0.1) is 19.1 Å². The minimum atomic E-state index is -0.541. The van der Waals surface area contributed by atoms with Crippen LogP contribution in [-0.4, -0.2) is 23.8 Å². The van der Waals surface area contributed by atoms with E-state index in [9.17, 15) is 9.90 Å². The number of aliphatic hydroxyl groups excluding tert-OH is 1. The van der Waals surface area contributed by atoms with Crippen LogP contribution in [0.25, 0.3) is 0 Å². The molecular formula is C13H26O3. The van der Waals surface area contributed by atoms with Gasteiger partial charge in [-0.2, -0.15) is 0 Å². The minimum absolute atomic E-state index is 0.141. The molecule has 0 saturated heterocycles. The molecule has 3 heteroatoms. The number of hydrogen-bond acceptors (Lipinski definition) is 3. The van der Waals surface area contributed by atoms with Crippen LogP contribution < -0.4 is 0 Å². The van der Waals surface area contributed by atoms with Crippen molar-refractivity contribution in [3.8, 4) is 0 Å². The van der Waals surface area contributed by atoms with Crippen LogP contribution in [0.1, 0.15) is 59.3 Å². The fourth-order valence-electron chi connectivity index (χ4n) is 1.75. The Bertz CT molecular complexity index is 180. The first kappa shape index (κ1) is 15.4. The molecular weight excluding hydrogens is 204 g/mol. The Morgan fingerprint density at radius 3 is 2.44 bits per heavy atom. The molecule has 0 aliphatic carbocycles. The number of unbranched alkanes of at least 4 members (excludes halogenated alkanes) is 1. The molecule has 0 bridgehead atoms. The molecule has 0 rings (SSSR count). The maximum absolute atomic E-state index is 11.3. The zero-order chi connectivity index (χ0) is 12.4. The van der Waals surface area contributed by atoms with Crippen molar-refractivity contribution in [2.24, 2.45) is 5.92 Å². The lowest BCUT2D eigenvalue weighted by Gasteiger charge is -2.20. The van der Waals surface area contributed by atoms with Crippen LogP contribution in [0.2, 0.25) is 0 Å². The second kappa shape index (κ2) is 9.64. The Kier molecular flexibility index (Phi) is 9.30. The summed E-state index contributed by atoms with van der Waals surface area (Å²) < 4.78 is 4.96. The lowest BCUT2D eigenvalue weighted by Crippen LogP contribution is -2.24. The zero-order valence-electron chi connectivity index (χ0n) is 10.9. The van der Waals surface area contributed by atoms with Crippen molar-refractivity contribution >= 4 is 5.97 Å². The first-order chi connectivity index (χ1) is 7.65. The molecule has 0 fully saturated rings. The highest BCUT2D eigenvalue weighted by Crippen LogP contribution is 2.19. The van der Waals surface area contributed by atoms with Crippen LogP contribution in [0.4, 0.5) is 0 Å². The van der Waals surface area contributed by atoms with Gasteiger partial charge < -0.3 is 9.84 Å². The van der Waals surface area contributed by atoms with E-state index in [1.165, 1.54) is 0 Å². The van der Waals surface area contributed by atoms with Gasteiger partial charge in [-0.05, 0) is 18.8 Å². The summed E-state index contributed by atoms with van der Waals surface area (Å²) in [6, 6.07) is 0. The highest BCUT2D eigenvalue weighted by atomic mass is 16.5. The number of hydrogen-bond donors (Lipinski definition) is 1. The Hall–Kier alpha value is -0.570. The third-order valence-electron chi connectivity index (χ3n) is 2.84. The van der Waals surface area contributed by atoms with Crippen molar-refractivity contribution < 1.29 is 14.6 Å². The summed E-state index contributed by atoms with van der Waals surface area (Å²) in [6.45, 7) is 6.60. The number of carbonyl (C=O) groups is 1. The topological polar surface area (TPSA) is 46.5 Å². The highest BCUT2D eigenvalue weighted by Gasteiger charge is 2.20. The number of ether oxygens (including phenoxy) is 1. The molecule has 0 aromatic carbocycles. The molecule has 0 aromatic rings. The van der Waals surface area contributed by atoms with Crippen LogP contribution in [0, 0.1) is 5.92 Å². The van der Waals surface area contributed by atoms with Gasteiger partial charge in [0.25, 0.3) is 0 Å².